The van der Waals surface area contributed by atoms with Crippen LogP contribution in [0.5, 0.6) is 0 Å². The number of oxazole rings is 2. The second-order valence-corrected chi connectivity index (χ2v) is 6.27. The van der Waals surface area contributed by atoms with Crippen LogP contribution < -0.4 is 0 Å². The van der Waals surface area contributed by atoms with Gasteiger partial charge in [0, 0.05) is 11.6 Å². The van der Waals surface area contributed by atoms with Crippen LogP contribution >= 0.6 is 0 Å². The van der Waals surface area contributed by atoms with Crippen LogP contribution in [0.3, 0.4) is 0 Å². The van der Waals surface area contributed by atoms with E-state index in [4.69, 9.17) is 8.83 Å². The lowest BCUT2D eigenvalue weighted by atomic mass is 10.1. The molecule has 0 bridgehead atoms. The van der Waals surface area contributed by atoms with Crippen LogP contribution in [-0.4, -0.2) is 21.5 Å². The van der Waals surface area contributed by atoms with E-state index >= 15 is 0 Å². The number of aromatic nitrogens is 2. The number of carbonyl (C=O) groups excluding carboxylic acids is 2. The van der Waals surface area contributed by atoms with E-state index < -0.39 is 51.5 Å². The molecule has 6 nitrogen and oxygen atoms in total. The van der Waals surface area contributed by atoms with Crippen molar-refractivity contribution >= 4 is 29.1 Å². The molecule has 0 fully saturated rings. The molecule has 0 atom stereocenters. The van der Waals surface area contributed by atoms with Gasteiger partial charge in [-0.3, -0.25) is 9.59 Å². The molecule has 0 saturated carbocycles. The van der Waals surface area contributed by atoms with E-state index in [1.54, 1.807) is 30.3 Å². The maximum atomic E-state index is 14.0. The molecule has 0 spiro atoms. The standard InChI is InChI=1S/C20H6F4N2O4/c21-12-10-11(13(22)15(24)14(12)23)17(28)8(16(10)27)6-9-25-19-20(29-9)26-18(30-19)7-4-2-1-3-5-7/h1-6H. The fraction of sp³-hybridized carbons (Fsp3) is 0. The second kappa shape index (κ2) is 6.21. The number of carbonyl (C=O) groups is 2. The van der Waals surface area contributed by atoms with E-state index in [9.17, 15) is 27.2 Å². The van der Waals surface area contributed by atoms with Gasteiger partial charge >= 0.3 is 0 Å². The number of fused-ring (bicyclic) bond motifs is 2. The summed E-state index contributed by atoms with van der Waals surface area (Å²) in [6.45, 7) is 0. The lowest BCUT2D eigenvalue weighted by Crippen LogP contribution is -2.07. The van der Waals surface area contributed by atoms with Crippen molar-refractivity contribution in [3.63, 3.8) is 0 Å². The molecule has 0 amide bonds. The fourth-order valence-electron chi connectivity index (χ4n) is 3.11. The van der Waals surface area contributed by atoms with Gasteiger partial charge in [-0.25, -0.2) is 17.6 Å². The summed E-state index contributed by atoms with van der Waals surface area (Å²) in [5.41, 5.74) is -2.57. The zero-order valence-corrected chi connectivity index (χ0v) is 14.5. The molecule has 0 radical (unpaired) electrons. The average Bonchev–Trinajstić information content (AvgIpc) is 3.38. The molecule has 1 aliphatic carbocycles. The maximum absolute atomic E-state index is 14.0. The molecular formula is C20H6F4N2O4. The van der Waals surface area contributed by atoms with Crippen molar-refractivity contribution in [2.24, 2.45) is 0 Å². The maximum Gasteiger partial charge on any atom is 0.288 e. The first-order valence-electron chi connectivity index (χ1n) is 8.36. The Morgan fingerprint density at radius 2 is 1.30 bits per heavy atom. The fourth-order valence-corrected chi connectivity index (χ4v) is 3.11. The van der Waals surface area contributed by atoms with Crippen molar-refractivity contribution in [2.75, 3.05) is 0 Å². The van der Waals surface area contributed by atoms with Crippen LogP contribution in [0.25, 0.3) is 29.0 Å². The molecule has 2 aromatic carbocycles. The minimum atomic E-state index is -2.18. The van der Waals surface area contributed by atoms with E-state index in [1.807, 2.05) is 0 Å². The molecule has 2 heterocycles. The van der Waals surface area contributed by atoms with Crippen LogP contribution in [0.2, 0.25) is 0 Å². The Bertz CT molecular complexity index is 1340. The number of Topliss-reactive ketones (excluding diaryl/α,β-unsaturated/α-hetero) is 2. The zero-order chi connectivity index (χ0) is 21.2. The largest absolute Gasteiger partial charge is 0.415 e. The summed E-state index contributed by atoms with van der Waals surface area (Å²) in [5.74, 6) is -11.0. The van der Waals surface area contributed by atoms with Crippen molar-refractivity contribution in [3.05, 3.63) is 76.2 Å². The van der Waals surface area contributed by atoms with E-state index in [0.29, 0.717) is 5.56 Å². The number of hydrogen-bond donors (Lipinski definition) is 0. The number of halogens is 4. The van der Waals surface area contributed by atoms with Crippen molar-refractivity contribution in [2.45, 2.75) is 0 Å². The third-order valence-corrected chi connectivity index (χ3v) is 4.49. The molecule has 0 aliphatic heterocycles. The smallest absolute Gasteiger partial charge is 0.288 e. The second-order valence-electron chi connectivity index (χ2n) is 6.27. The lowest BCUT2D eigenvalue weighted by molar-refractivity contribution is 0.0988. The average molecular weight is 414 g/mol. The Kier molecular flexibility index (Phi) is 3.72. The van der Waals surface area contributed by atoms with E-state index in [1.165, 1.54) is 0 Å². The number of ketones is 2. The minimum Gasteiger partial charge on any atom is -0.415 e. The van der Waals surface area contributed by atoms with Crippen molar-refractivity contribution in [1.29, 1.82) is 0 Å². The number of hydrogen-bond acceptors (Lipinski definition) is 6. The molecule has 0 saturated heterocycles. The third kappa shape index (κ3) is 2.43. The summed E-state index contributed by atoms with van der Waals surface area (Å²) in [5, 5.41) is 0. The number of allylic oxidation sites excluding steroid dienone is 1. The van der Waals surface area contributed by atoms with Crippen LogP contribution in [0.4, 0.5) is 17.6 Å². The molecule has 148 valence electrons. The first kappa shape index (κ1) is 18.0. The number of nitrogens with zero attached hydrogens (tertiary/aromatic N) is 2. The lowest BCUT2D eigenvalue weighted by Gasteiger charge is -2.02. The highest BCUT2D eigenvalue weighted by molar-refractivity contribution is 6.41. The Morgan fingerprint density at radius 1 is 0.733 bits per heavy atom. The Hall–Kier alpha value is -4.08. The number of benzene rings is 2. The summed E-state index contributed by atoms with van der Waals surface area (Å²) in [7, 11) is 0. The summed E-state index contributed by atoms with van der Waals surface area (Å²) in [4.78, 5) is 32.7. The highest BCUT2D eigenvalue weighted by Crippen LogP contribution is 2.35. The van der Waals surface area contributed by atoms with Gasteiger partial charge in [0.05, 0.1) is 16.7 Å². The summed E-state index contributed by atoms with van der Waals surface area (Å²) >= 11 is 0. The van der Waals surface area contributed by atoms with Gasteiger partial charge in [0.25, 0.3) is 11.4 Å². The van der Waals surface area contributed by atoms with E-state index in [-0.39, 0.29) is 23.2 Å². The SMILES string of the molecule is O=C1C(=Cc2nc3oc(-c4ccccc4)nc3o2)C(=O)c2c(F)c(F)c(F)c(F)c21. The van der Waals surface area contributed by atoms with Crippen LogP contribution in [0.1, 0.15) is 26.6 Å². The third-order valence-electron chi connectivity index (χ3n) is 4.49. The molecule has 0 unspecified atom stereocenters. The van der Waals surface area contributed by atoms with Crippen LogP contribution in [0, 0.1) is 23.3 Å². The van der Waals surface area contributed by atoms with Gasteiger partial charge in [-0.1, -0.05) is 18.2 Å². The first-order chi connectivity index (χ1) is 14.4. The first-order valence-corrected chi connectivity index (χ1v) is 8.36. The highest BCUT2D eigenvalue weighted by atomic mass is 19.2. The topological polar surface area (TPSA) is 86.2 Å². The Labute approximate surface area is 163 Å². The molecule has 1 aliphatic rings. The van der Waals surface area contributed by atoms with Gasteiger partial charge in [-0.05, 0) is 12.1 Å². The number of rotatable bonds is 2. The molecule has 2 aromatic heterocycles. The normalized spacial score (nSPS) is 13.4. The van der Waals surface area contributed by atoms with Crippen molar-refractivity contribution in [3.8, 4) is 11.5 Å². The van der Waals surface area contributed by atoms with Crippen LogP contribution in [0.15, 0.2) is 44.7 Å². The van der Waals surface area contributed by atoms with Crippen molar-refractivity contribution in [1.82, 2.24) is 9.97 Å². The minimum absolute atomic E-state index is 0.0504. The molecule has 0 N–H and O–H groups in total. The van der Waals surface area contributed by atoms with Gasteiger partial charge < -0.3 is 8.83 Å². The molecule has 10 heteroatoms. The van der Waals surface area contributed by atoms with Gasteiger partial charge in [0.15, 0.2) is 23.3 Å². The zero-order valence-electron chi connectivity index (χ0n) is 14.5. The van der Waals surface area contributed by atoms with Crippen molar-refractivity contribution < 1.29 is 36.0 Å². The summed E-state index contributed by atoms with van der Waals surface area (Å²) in [6, 6.07) is 8.81. The van der Waals surface area contributed by atoms with Gasteiger partial charge in [-0.2, -0.15) is 9.97 Å². The summed E-state index contributed by atoms with van der Waals surface area (Å²) in [6.07, 6.45) is 0.804. The van der Waals surface area contributed by atoms with Gasteiger partial charge in [0.2, 0.25) is 23.3 Å². The summed E-state index contributed by atoms with van der Waals surface area (Å²) < 4.78 is 65.6. The predicted molar refractivity (Wildman–Crippen MR) is 92.4 cm³/mol. The monoisotopic (exact) mass is 414 g/mol. The molecule has 30 heavy (non-hydrogen) atoms. The highest BCUT2D eigenvalue weighted by Gasteiger charge is 2.42. The Balaban J connectivity index is 1.57. The van der Waals surface area contributed by atoms with Gasteiger partial charge in [-0.15, -0.1) is 0 Å². The predicted octanol–water partition coefficient (Wildman–Crippen LogP) is 4.50. The molecular weight excluding hydrogens is 408 g/mol. The van der Waals surface area contributed by atoms with E-state index in [2.05, 4.69) is 9.97 Å². The quantitative estimate of drug-likeness (QED) is 0.158. The molecule has 4 aromatic rings. The molecule has 5 rings (SSSR count). The van der Waals surface area contributed by atoms with Crippen LogP contribution in [-0.2, 0) is 0 Å². The Morgan fingerprint density at radius 3 is 1.87 bits per heavy atom. The van der Waals surface area contributed by atoms with Gasteiger partial charge in [0.1, 0.15) is 0 Å². The van der Waals surface area contributed by atoms with E-state index in [0.717, 1.165) is 6.08 Å².